The molecule has 0 bridgehead atoms. The maximum Gasteiger partial charge on any atom is 0.191 e. The van der Waals surface area contributed by atoms with Crippen molar-refractivity contribution in [2.24, 2.45) is 4.99 Å². The molecule has 24 heavy (non-hydrogen) atoms. The average Bonchev–Trinajstić information content (AvgIpc) is 2.99. The minimum absolute atomic E-state index is 0.770. The molecule has 0 saturated heterocycles. The Morgan fingerprint density at radius 2 is 2.12 bits per heavy atom. The molecule has 0 radical (unpaired) electrons. The number of hydrogen-bond donors (Lipinski definition) is 3. The zero-order valence-corrected chi connectivity index (χ0v) is 15.1. The second-order valence-corrected chi connectivity index (χ2v) is 5.80. The molecule has 0 spiro atoms. The number of hydrogen-bond acceptors (Lipinski definition) is 2. The van der Waals surface area contributed by atoms with Gasteiger partial charge >= 0.3 is 0 Å². The van der Waals surface area contributed by atoms with E-state index in [1.54, 1.807) is 0 Å². The quantitative estimate of drug-likeness (QED) is 0.376. The van der Waals surface area contributed by atoms with Gasteiger partial charge < -0.3 is 20.4 Å². The molecule has 0 aliphatic heterocycles. The van der Waals surface area contributed by atoms with Crippen LogP contribution in [0.3, 0.4) is 0 Å². The minimum Gasteiger partial charge on any atom is -0.382 e. The van der Waals surface area contributed by atoms with Crippen LogP contribution in [-0.4, -0.2) is 43.8 Å². The van der Waals surface area contributed by atoms with Crippen LogP contribution in [0.1, 0.15) is 31.4 Å². The lowest BCUT2D eigenvalue weighted by molar-refractivity contribution is 0.146. The summed E-state index contributed by atoms with van der Waals surface area (Å²) in [7, 11) is 0. The molecular weight excluding hydrogens is 300 g/mol. The summed E-state index contributed by atoms with van der Waals surface area (Å²) in [4.78, 5) is 7.97. The van der Waals surface area contributed by atoms with Crippen molar-refractivity contribution in [3.8, 4) is 0 Å². The average molecular weight is 330 g/mol. The van der Waals surface area contributed by atoms with Gasteiger partial charge in [-0.25, -0.2) is 0 Å². The minimum atomic E-state index is 0.770. The Labute approximate surface area is 144 Å². The second-order valence-electron chi connectivity index (χ2n) is 5.80. The maximum absolute atomic E-state index is 5.34. The number of rotatable bonds is 9. The van der Waals surface area contributed by atoms with E-state index in [0.717, 1.165) is 51.6 Å². The highest BCUT2D eigenvalue weighted by Crippen LogP contribution is 2.21. The first-order valence-corrected chi connectivity index (χ1v) is 8.91. The van der Waals surface area contributed by atoms with Crippen LogP contribution in [0.15, 0.2) is 29.4 Å². The van der Waals surface area contributed by atoms with Crippen molar-refractivity contribution < 1.29 is 4.74 Å². The highest BCUT2D eigenvalue weighted by Gasteiger charge is 2.05. The molecule has 0 fully saturated rings. The number of para-hydroxylation sites is 1. The van der Waals surface area contributed by atoms with Crippen LogP contribution in [-0.2, 0) is 11.2 Å². The van der Waals surface area contributed by atoms with Crippen molar-refractivity contribution in [2.45, 2.75) is 33.6 Å². The lowest BCUT2D eigenvalue weighted by atomic mass is 10.1. The summed E-state index contributed by atoms with van der Waals surface area (Å²) < 4.78 is 5.34. The molecule has 1 aromatic heterocycles. The van der Waals surface area contributed by atoms with E-state index >= 15 is 0 Å². The maximum atomic E-state index is 5.34. The molecule has 0 aliphatic carbocycles. The molecule has 0 saturated carbocycles. The number of aromatic amines is 1. The van der Waals surface area contributed by atoms with E-state index < -0.39 is 0 Å². The van der Waals surface area contributed by atoms with E-state index in [4.69, 9.17) is 4.74 Å². The number of aromatic nitrogens is 1. The fraction of sp³-hybridized carbons (Fsp3) is 0.526. The van der Waals surface area contributed by atoms with Crippen molar-refractivity contribution in [1.82, 2.24) is 15.6 Å². The number of aryl methyl sites for hydroxylation is 1. The van der Waals surface area contributed by atoms with Crippen molar-refractivity contribution in [3.63, 3.8) is 0 Å². The number of aliphatic imine (C=N–C) groups is 1. The highest BCUT2D eigenvalue weighted by molar-refractivity contribution is 5.86. The molecule has 0 unspecified atom stereocenters. The number of ether oxygens (including phenoxy) is 1. The summed E-state index contributed by atoms with van der Waals surface area (Å²) >= 11 is 0. The molecule has 2 aromatic rings. The summed E-state index contributed by atoms with van der Waals surface area (Å²) in [6.07, 6.45) is 4.03. The molecule has 0 aliphatic rings. The van der Waals surface area contributed by atoms with Crippen LogP contribution in [0.25, 0.3) is 10.9 Å². The number of guanidine groups is 1. The summed E-state index contributed by atoms with van der Waals surface area (Å²) in [5, 5.41) is 8.02. The molecule has 3 N–H and O–H groups in total. The lowest BCUT2D eigenvalue weighted by Gasteiger charge is -2.11. The molecule has 2 rings (SSSR count). The topological polar surface area (TPSA) is 61.4 Å². The van der Waals surface area contributed by atoms with Crippen molar-refractivity contribution in [3.05, 3.63) is 35.5 Å². The lowest BCUT2D eigenvalue weighted by Crippen LogP contribution is -2.38. The largest absolute Gasteiger partial charge is 0.382 e. The number of nitrogens with zero attached hydrogens (tertiary/aromatic N) is 1. The smallest absolute Gasteiger partial charge is 0.191 e. The zero-order chi connectivity index (χ0) is 17.2. The van der Waals surface area contributed by atoms with Gasteiger partial charge in [-0.15, -0.1) is 0 Å². The normalized spacial score (nSPS) is 11.9. The molecule has 1 heterocycles. The van der Waals surface area contributed by atoms with Gasteiger partial charge in [0.2, 0.25) is 0 Å². The predicted octanol–water partition coefficient (Wildman–Crippen LogP) is 3.00. The fourth-order valence-electron chi connectivity index (χ4n) is 2.73. The molecule has 5 heteroatoms. The van der Waals surface area contributed by atoms with Gasteiger partial charge in [0, 0.05) is 49.9 Å². The molecule has 132 valence electrons. The van der Waals surface area contributed by atoms with Crippen LogP contribution in [0.4, 0.5) is 0 Å². The Balaban J connectivity index is 1.85. The van der Waals surface area contributed by atoms with Crippen LogP contribution in [0.5, 0.6) is 0 Å². The first-order valence-electron chi connectivity index (χ1n) is 8.91. The molecule has 0 amide bonds. The van der Waals surface area contributed by atoms with Gasteiger partial charge in [0.15, 0.2) is 5.96 Å². The van der Waals surface area contributed by atoms with Crippen molar-refractivity contribution in [1.29, 1.82) is 0 Å². The van der Waals surface area contributed by atoms with Gasteiger partial charge in [-0.3, -0.25) is 4.99 Å². The van der Waals surface area contributed by atoms with Gasteiger partial charge in [-0.05, 0) is 44.7 Å². The molecular formula is C19H30N4O. The summed E-state index contributed by atoms with van der Waals surface area (Å²) in [5.41, 5.74) is 3.87. The Kier molecular flexibility index (Phi) is 7.62. The second kappa shape index (κ2) is 9.98. The van der Waals surface area contributed by atoms with Crippen LogP contribution in [0.2, 0.25) is 0 Å². The van der Waals surface area contributed by atoms with Gasteiger partial charge in [-0.2, -0.15) is 0 Å². The van der Waals surface area contributed by atoms with Gasteiger partial charge in [-0.1, -0.05) is 18.2 Å². The van der Waals surface area contributed by atoms with E-state index in [0.29, 0.717) is 0 Å². The monoisotopic (exact) mass is 330 g/mol. The Bertz CT molecular complexity index is 648. The third kappa shape index (κ3) is 5.27. The van der Waals surface area contributed by atoms with Gasteiger partial charge in [0.25, 0.3) is 0 Å². The molecule has 0 atom stereocenters. The molecule has 1 aromatic carbocycles. The van der Waals surface area contributed by atoms with Crippen molar-refractivity contribution in [2.75, 3.05) is 32.8 Å². The predicted molar refractivity (Wildman–Crippen MR) is 102 cm³/mol. The van der Waals surface area contributed by atoms with E-state index in [-0.39, 0.29) is 0 Å². The van der Waals surface area contributed by atoms with Crippen LogP contribution < -0.4 is 10.6 Å². The van der Waals surface area contributed by atoms with Crippen molar-refractivity contribution >= 4 is 16.9 Å². The summed E-state index contributed by atoms with van der Waals surface area (Å²) in [6, 6.07) is 6.44. The third-order valence-electron chi connectivity index (χ3n) is 3.96. The third-order valence-corrected chi connectivity index (χ3v) is 3.96. The van der Waals surface area contributed by atoms with E-state index in [1.807, 2.05) is 6.92 Å². The standard InChI is InChI=1S/C19H30N4O/c1-4-20-19(21-11-7-13-24-5-2)22-12-10-16-14-23-18-15(3)8-6-9-17(16)18/h6,8-9,14,23H,4-5,7,10-13H2,1-3H3,(H2,20,21,22). The van der Waals surface area contributed by atoms with Crippen LogP contribution >= 0.6 is 0 Å². The summed E-state index contributed by atoms with van der Waals surface area (Å²) in [5.74, 6) is 0.880. The van der Waals surface area contributed by atoms with Crippen LogP contribution in [0, 0.1) is 6.92 Å². The number of fused-ring (bicyclic) bond motifs is 1. The Hall–Kier alpha value is -2.01. The first-order chi connectivity index (χ1) is 11.8. The first kappa shape index (κ1) is 18.3. The van der Waals surface area contributed by atoms with E-state index in [2.05, 4.69) is 58.9 Å². The molecule has 5 nitrogen and oxygen atoms in total. The number of nitrogens with one attached hydrogen (secondary N) is 3. The zero-order valence-electron chi connectivity index (χ0n) is 15.1. The van der Waals surface area contributed by atoms with E-state index in [9.17, 15) is 0 Å². The summed E-state index contributed by atoms with van der Waals surface area (Å²) in [6.45, 7) is 10.3. The fourth-order valence-corrected chi connectivity index (χ4v) is 2.73. The Morgan fingerprint density at radius 1 is 1.25 bits per heavy atom. The highest BCUT2D eigenvalue weighted by atomic mass is 16.5. The SMILES string of the molecule is CCNC(=NCCCOCC)NCCc1c[nH]c2c(C)cccc12. The van der Waals surface area contributed by atoms with Gasteiger partial charge in [0.05, 0.1) is 0 Å². The number of H-pyrrole nitrogens is 1. The van der Waals surface area contributed by atoms with E-state index in [1.165, 1.54) is 22.0 Å². The van der Waals surface area contributed by atoms with Gasteiger partial charge in [0.1, 0.15) is 0 Å². The Morgan fingerprint density at radius 3 is 2.92 bits per heavy atom. The number of benzene rings is 1.